The van der Waals surface area contributed by atoms with E-state index in [0.717, 1.165) is 0 Å². The Morgan fingerprint density at radius 2 is 2.13 bits per heavy atom. The van der Waals surface area contributed by atoms with Crippen LogP contribution in [0.5, 0.6) is 0 Å². The summed E-state index contributed by atoms with van der Waals surface area (Å²) in [5, 5.41) is 8.19. The lowest BCUT2D eigenvalue weighted by Gasteiger charge is -2.26. The van der Waals surface area contributed by atoms with Gasteiger partial charge >= 0.3 is 0 Å². The van der Waals surface area contributed by atoms with Crippen LogP contribution in [0.25, 0.3) is 5.70 Å². The quantitative estimate of drug-likeness (QED) is 0.658. The Morgan fingerprint density at radius 1 is 1.43 bits per heavy atom. The highest BCUT2D eigenvalue weighted by atomic mass is 32.3. The van der Waals surface area contributed by atoms with E-state index in [1.54, 1.807) is 7.11 Å². The summed E-state index contributed by atoms with van der Waals surface area (Å²) in [4.78, 5) is 0. The van der Waals surface area contributed by atoms with Crippen molar-refractivity contribution in [3.63, 3.8) is 0 Å². The van der Waals surface area contributed by atoms with Crippen LogP contribution < -0.4 is 10.5 Å². The van der Waals surface area contributed by atoms with Gasteiger partial charge in [-0.2, -0.15) is 0 Å². The molecule has 0 amide bonds. The zero-order chi connectivity index (χ0) is 17.3. The van der Waals surface area contributed by atoms with Crippen molar-refractivity contribution in [3.8, 4) is 0 Å². The second-order valence-corrected chi connectivity index (χ2v) is 9.77. The topological polar surface area (TPSA) is 119 Å². The normalized spacial score (nSPS) is 16.8. The molecule has 0 saturated heterocycles. The minimum atomic E-state index is -3.96. The molecule has 1 aliphatic heterocycles. The molecule has 0 bridgehead atoms. The highest BCUT2D eigenvalue weighted by Gasteiger charge is 2.35. The first-order valence-electron chi connectivity index (χ1n) is 6.85. The number of methoxy groups -OCH3 is 1. The zero-order valence-corrected chi connectivity index (χ0v) is 15.2. The van der Waals surface area contributed by atoms with E-state index in [1.807, 2.05) is 6.92 Å². The predicted molar refractivity (Wildman–Crippen MR) is 87.7 cm³/mol. The Kier molecular flexibility index (Phi) is 5.36. The van der Waals surface area contributed by atoms with Gasteiger partial charge in [0, 0.05) is 38.6 Å². The van der Waals surface area contributed by atoms with Crippen molar-refractivity contribution in [2.24, 2.45) is 5.14 Å². The summed E-state index contributed by atoms with van der Waals surface area (Å²) < 4.78 is 54.4. The molecule has 0 radical (unpaired) electrons. The number of thiophene rings is 1. The first-order valence-corrected chi connectivity index (χ1v) is 10.7. The largest absolute Gasteiger partial charge is 0.385 e. The average molecular weight is 382 g/mol. The molecule has 0 fully saturated rings. The zero-order valence-electron chi connectivity index (χ0n) is 12.8. The number of hydrogen-bond donors (Lipinski definition) is 2. The van der Waals surface area contributed by atoms with E-state index in [0.29, 0.717) is 42.2 Å². The van der Waals surface area contributed by atoms with Crippen molar-refractivity contribution >= 4 is 37.1 Å². The molecule has 0 saturated carbocycles. The Morgan fingerprint density at radius 3 is 2.70 bits per heavy atom. The smallest absolute Gasteiger partial charge is 0.274 e. The first kappa shape index (κ1) is 18.2. The number of rotatable bonds is 7. The highest BCUT2D eigenvalue weighted by molar-refractivity contribution is 7.94. The van der Waals surface area contributed by atoms with Gasteiger partial charge in [-0.1, -0.05) is 0 Å². The lowest BCUT2D eigenvalue weighted by Crippen LogP contribution is -2.32. The van der Waals surface area contributed by atoms with Crippen LogP contribution in [0, 0.1) is 0 Å². The molecule has 0 aromatic carbocycles. The number of nitrogens with two attached hydrogens (primary N) is 1. The van der Waals surface area contributed by atoms with Gasteiger partial charge < -0.3 is 10.1 Å². The second-order valence-electron chi connectivity index (χ2n) is 4.85. The molecule has 130 valence electrons. The van der Waals surface area contributed by atoms with Crippen LogP contribution in [-0.2, 0) is 24.8 Å². The molecule has 2 heterocycles. The molecule has 23 heavy (non-hydrogen) atoms. The van der Waals surface area contributed by atoms with Crippen LogP contribution in [-0.4, -0.2) is 47.9 Å². The van der Waals surface area contributed by atoms with Crippen molar-refractivity contribution < 1.29 is 21.6 Å². The van der Waals surface area contributed by atoms with Gasteiger partial charge in [-0.25, -0.2) is 22.0 Å². The van der Waals surface area contributed by atoms with E-state index in [1.165, 1.54) is 16.6 Å². The summed E-state index contributed by atoms with van der Waals surface area (Å²) in [5.41, 5.74) is 0.893. The molecule has 8 nitrogen and oxygen atoms in total. The molecular formula is C12H19N3O5S3. The summed E-state index contributed by atoms with van der Waals surface area (Å²) in [7, 11) is -6.22. The minimum absolute atomic E-state index is 0.0163. The average Bonchev–Trinajstić information content (AvgIpc) is 2.90. The van der Waals surface area contributed by atoms with Crippen LogP contribution in [0.1, 0.15) is 18.9 Å². The SMILES string of the molecule is CCNC1=CN(CCCOC)S(=O)(=O)c2sc(S(N)(=O)=O)cc21. The third-order valence-corrected chi connectivity index (χ3v) is 7.98. The number of hydrogen-bond acceptors (Lipinski definition) is 7. The van der Waals surface area contributed by atoms with Crippen molar-refractivity contribution in [3.05, 3.63) is 17.8 Å². The van der Waals surface area contributed by atoms with Gasteiger partial charge in [0.2, 0.25) is 10.0 Å². The van der Waals surface area contributed by atoms with Crippen LogP contribution in [0.4, 0.5) is 0 Å². The number of nitrogens with zero attached hydrogens (tertiary/aromatic N) is 1. The number of nitrogens with one attached hydrogen (secondary N) is 1. The maximum Gasteiger partial charge on any atom is 0.274 e. The van der Waals surface area contributed by atoms with E-state index in [2.05, 4.69) is 5.32 Å². The molecule has 1 aliphatic rings. The summed E-state index contributed by atoms with van der Waals surface area (Å²) in [5.74, 6) is 0. The first-order chi connectivity index (χ1) is 10.7. The molecule has 11 heteroatoms. The Balaban J connectivity index is 2.51. The van der Waals surface area contributed by atoms with Crippen LogP contribution in [0.15, 0.2) is 20.7 Å². The highest BCUT2D eigenvalue weighted by Crippen LogP contribution is 2.38. The van der Waals surface area contributed by atoms with Gasteiger partial charge in [-0.15, -0.1) is 11.3 Å². The molecule has 0 aliphatic carbocycles. The molecule has 0 atom stereocenters. The Labute approximate surface area is 140 Å². The van der Waals surface area contributed by atoms with Gasteiger partial charge in [0.25, 0.3) is 10.0 Å². The minimum Gasteiger partial charge on any atom is -0.385 e. The molecule has 3 N–H and O–H groups in total. The van der Waals surface area contributed by atoms with Crippen molar-refractivity contribution in [1.29, 1.82) is 0 Å². The Hall–Kier alpha value is -1.14. The van der Waals surface area contributed by atoms with Crippen LogP contribution in [0.2, 0.25) is 0 Å². The second kappa shape index (κ2) is 6.77. The van der Waals surface area contributed by atoms with Crippen molar-refractivity contribution in [2.75, 3.05) is 26.8 Å². The van der Waals surface area contributed by atoms with E-state index in [9.17, 15) is 16.8 Å². The third kappa shape index (κ3) is 3.69. The van der Waals surface area contributed by atoms with Crippen LogP contribution >= 0.6 is 11.3 Å². The molecule has 1 aromatic rings. The maximum atomic E-state index is 12.7. The monoisotopic (exact) mass is 381 g/mol. The summed E-state index contributed by atoms with van der Waals surface area (Å²) >= 11 is 0.667. The fraction of sp³-hybridized carbons (Fsp3) is 0.500. The summed E-state index contributed by atoms with van der Waals surface area (Å²) in [6.07, 6.45) is 2.00. The maximum absolute atomic E-state index is 12.7. The van der Waals surface area contributed by atoms with E-state index < -0.39 is 20.0 Å². The molecule has 1 aromatic heterocycles. The van der Waals surface area contributed by atoms with E-state index in [4.69, 9.17) is 9.88 Å². The molecule has 0 unspecified atom stereocenters. The number of ether oxygens (including phenoxy) is 1. The van der Waals surface area contributed by atoms with E-state index >= 15 is 0 Å². The van der Waals surface area contributed by atoms with Crippen LogP contribution in [0.3, 0.4) is 0 Å². The van der Waals surface area contributed by atoms with E-state index in [-0.39, 0.29) is 15.0 Å². The lowest BCUT2D eigenvalue weighted by molar-refractivity contribution is 0.191. The van der Waals surface area contributed by atoms with Gasteiger partial charge in [0.05, 0.1) is 5.70 Å². The van der Waals surface area contributed by atoms with Gasteiger partial charge in [0.1, 0.15) is 4.21 Å². The molecular weight excluding hydrogens is 362 g/mol. The lowest BCUT2D eigenvalue weighted by atomic mass is 10.2. The predicted octanol–water partition coefficient (Wildman–Crippen LogP) is 0.344. The van der Waals surface area contributed by atoms with Crippen molar-refractivity contribution in [1.82, 2.24) is 9.62 Å². The number of fused-ring (bicyclic) bond motifs is 1. The van der Waals surface area contributed by atoms with Gasteiger partial charge in [-0.05, 0) is 19.4 Å². The van der Waals surface area contributed by atoms with Gasteiger partial charge in [0.15, 0.2) is 4.21 Å². The number of sulfonamides is 2. The van der Waals surface area contributed by atoms with Gasteiger partial charge in [-0.3, -0.25) is 4.31 Å². The molecule has 0 spiro atoms. The fourth-order valence-corrected chi connectivity index (χ4v) is 6.19. The third-order valence-electron chi connectivity index (χ3n) is 3.16. The van der Waals surface area contributed by atoms with Crippen molar-refractivity contribution in [2.45, 2.75) is 21.8 Å². The Bertz CT molecular complexity index is 811. The number of primary sulfonamides is 1. The summed E-state index contributed by atoms with van der Waals surface area (Å²) in [6, 6.07) is 1.30. The standard InChI is InChI=1S/C12H19N3O5S3/c1-3-14-10-8-15(5-4-6-20-2)23(18,19)12-9(10)7-11(21-12)22(13,16)17/h7-8,14H,3-6H2,1-2H3,(H2,13,16,17). The summed E-state index contributed by atoms with van der Waals surface area (Å²) in [6.45, 7) is 3.10. The fourth-order valence-electron chi connectivity index (χ4n) is 2.14. The molecule has 2 rings (SSSR count).